The molecule has 0 aromatic carbocycles. The van der Waals surface area contributed by atoms with Crippen molar-refractivity contribution in [3.8, 4) is 0 Å². The van der Waals surface area contributed by atoms with Crippen LogP contribution in [0.15, 0.2) is 0 Å². The zero-order chi connectivity index (χ0) is 12.9. The normalized spacial score (nSPS) is 29.1. The maximum atomic E-state index is 5.91. The van der Waals surface area contributed by atoms with Crippen LogP contribution in [0.5, 0.6) is 0 Å². The summed E-state index contributed by atoms with van der Waals surface area (Å²) in [5, 5.41) is 0. The summed E-state index contributed by atoms with van der Waals surface area (Å²) < 4.78 is 16.8. The van der Waals surface area contributed by atoms with Crippen LogP contribution in [0, 0.1) is 0 Å². The quantitative estimate of drug-likeness (QED) is 0.707. The van der Waals surface area contributed by atoms with Gasteiger partial charge in [-0.2, -0.15) is 0 Å². The van der Waals surface area contributed by atoms with Gasteiger partial charge < -0.3 is 19.9 Å². The van der Waals surface area contributed by atoms with Crippen LogP contribution in [0.2, 0.25) is 0 Å². The average molecular weight is 245 g/mol. The molecule has 0 heterocycles. The molecule has 0 amide bonds. The van der Waals surface area contributed by atoms with E-state index in [1.54, 1.807) is 7.11 Å². The van der Waals surface area contributed by atoms with Crippen LogP contribution in [0.25, 0.3) is 0 Å². The molecule has 4 nitrogen and oxygen atoms in total. The van der Waals surface area contributed by atoms with Gasteiger partial charge in [-0.1, -0.05) is 6.92 Å². The van der Waals surface area contributed by atoms with Gasteiger partial charge in [-0.3, -0.25) is 0 Å². The van der Waals surface area contributed by atoms with Crippen LogP contribution >= 0.6 is 0 Å². The molecule has 1 aliphatic rings. The molecule has 0 spiro atoms. The highest BCUT2D eigenvalue weighted by atomic mass is 16.5. The minimum atomic E-state index is -0.119. The zero-order valence-corrected chi connectivity index (χ0v) is 11.6. The van der Waals surface area contributed by atoms with Crippen molar-refractivity contribution in [3.63, 3.8) is 0 Å². The van der Waals surface area contributed by atoms with Gasteiger partial charge in [-0.25, -0.2) is 0 Å². The van der Waals surface area contributed by atoms with Gasteiger partial charge in [0.05, 0.1) is 17.8 Å². The molecule has 0 aromatic rings. The third kappa shape index (κ3) is 4.54. The minimum Gasteiger partial charge on any atom is -0.379 e. The molecule has 0 aromatic heterocycles. The summed E-state index contributed by atoms with van der Waals surface area (Å²) in [6.45, 7) is 7.69. The topological polar surface area (TPSA) is 53.7 Å². The van der Waals surface area contributed by atoms with Gasteiger partial charge in [0.2, 0.25) is 0 Å². The molecule has 0 aliphatic heterocycles. The highest BCUT2D eigenvalue weighted by Gasteiger charge is 2.40. The van der Waals surface area contributed by atoms with Crippen molar-refractivity contribution in [2.75, 3.05) is 20.3 Å². The van der Waals surface area contributed by atoms with Crippen molar-refractivity contribution in [3.05, 3.63) is 0 Å². The lowest BCUT2D eigenvalue weighted by atomic mass is 9.86. The fraction of sp³-hybridized carbons (Fsp3) is 1.00. The van der Waals surface area contributed by atoms with Crippen LogP contribution in [0.3, 0.4) is 0 Å². The molecule has 1 saturated carbocycles. The lowest BCUT2D eigenvalue weighted by molar-refractivity contribution is -0.146. The second kappa shape index (κ2) is 6.69. The zero-order valence-electron chi connectivity index (χ0n) is 11.6. The molecule has 1 rings (SSSR count). The standard InChI is InChI=1S/C13H27NO3/c1-5-7-17-12-10(14)9-11(12)16-8-6-13(2,3)15-4/h10-12H,5-9,14H2,1-4H3. The molecule has 102 valence electrons. The third-order valence-corrected chi connectivity index (χ3v) is 3.40. The van der Waals surface area contributed by atoms with Gasteiger partial charge in [0.1, 0.15) is 0 Å². The molecule has 0 bridgehead atoms. The number of rotatable bonds is 8. The monoisotopic (exact) mass is 245 g/mol. The molecule has 3 unspecified atom stereocenters. The van der Waals surface area contributed by atoms with Crippen molar-refractivity contribution in [1.29, 1.82) is 0 Å². The molecular formula is C13H27NO3. The van der Waals surface area contributed by atoms with Gasteiger partial charge in [-0.05, 0) is 33.1 Å². The number of nitrogens with two attached hydrogens (primary N) is 1. The number of hydrogen-bond donors (Lipinski definition) is 1. The number of ether oxygens (including phenoxy) is 3. The van der Waals surface area contributed by atoms with E-state index in [2.05, 4.69) is 20.8 Å². The lowest BCUT2D eigenvalue weighted by Gasteiger charge is -2.42. The summed E-state index contributed by atoms with van der Waals surface area (Å²) in [5.41, 5.74) is 5.79. The summed E-state index contributed by atoms with van der Waals surface area (Å²) >= 11 is 0. The van der Waals surface area contributed by atoms with Crippen LogP contribution in [-0.4, -0.2) is 44.2 Å². The summed E-state index contributed by atoms with van der Waals surface area (Å²) in [7, 11) is 1.73. The Kier molecular flexibility index (Phi) is 5.86. The second-order valence-electron chi connectivity index (χ2n) is 5.36. The Balaban J connectivity index is 2.19. The van der Waals surface area contributed by atoms with Crippen molar-refractivity contribution < 1.29 is 14.2 Å². The third-order valence-electron chi connectivity index (χ3n) is 3.40. The Morgan fingerprint density at radius 3 is 2.47 bits per heavy atom. The van der Waals surface area contributed by atoms with E-state index < -0.39 is 0 Å². The van der Waals surface area contributed by atoms with Crippen molar-refractivity contribution in [2.45, 2.75) is 63.9 Å². The van der Waals surface area contributed by atoms with Crippen molar-refractivity contribution >= 4 is 0 Å². The Labute approximate surface area is 105 Å². The Hall–Kier alpha value is -0.160. The predicted molar refractivity (Wildman–Crippen MR) is 68.1 cm³/mol. The molecule has 0 radical (unpaired) electrons. The Morgan fingerprint density at radius 1 is 1.24 bits per heavy atom. The summed E-state index contributed by atoms with van der Waals surface area (Å²) in [6, 6.07) is 0.141. The van der Waals surface area contributed by atoms with Gasteiger partial charge >= 0.3 is 0 Å². The van der Waals surface area contributed by atoms with E-state index >= 15 is 0 Å². The number of methoxy groups -OCH3 is 1. The van der Waals surface area contributed by atoms with Crippen LogP contribution in [0.4, 0.5) is 0 Å². The first-order valence-corrected chi connectivity index (χ1v) is 6.54. The van der Waals surface area contributed by atoms with Gasteiger partial charge in [0.25, 0.3) is 0 Å². The maximum Gasteiger partial charge on any atom is 0.0988 e. The van der Waals surface area contributed by atoms with Crippen LogP contribution in [-0.2, 0) is 14.2 Å². The smallest absolute Gasteiger partial charge is 0.0988 e. The van der Waals surface area contributed by atoms with Crippen molar-refractivity contribution in [2.24, 2.45) is 5.73 Å². The molecule has 4 heteroatoms. The molecule has 3 atom stereocenters. The summed E-state index contributed by atoms with van der Waals surface area (Å²) in [4.78, 5) is 0. The van der Waals surface area contributed by atoms with E-state index in [0.29, 0.717) is 6.61 Å². The predicted octanol–water partition coefficient (Wildman–Crippen LogP) is 1.71. The van der Waals surface area contributed by atoms with E-state index in [4.69, 9.17) is 19.9 Å². The Morgan fingerprint density at radius 2 is 1.94 bits per heavy atom. The van der Waals surface area contributed by atoms with Gasteiger partial charge in [0.15, 0.2) is 0 Å². The van der Waals surface area contributed by atoms with E-state index in [1.165, 1.54) is 0 Å². The van der Waals surface area contributed by atoms with Crippen LogP contribution < -0.4 is 5.73 Å². The SMILES string of the molecule is CCCOC1C(N)CC1OCCC(C)(C)OC. The molecule has 2 N–H and O–H groups in total. The van der Waals surface area contributed by atoms with E-state index in [9.17, 15) is 0 Å². The van der Waals surface area contributed by atoms with Crippen LogP contribution in [0.1, 0.15) is 40.0 Å². The van der Waals surface area contributed by atoms with E-state index in [-0.39, 0.29) is 23.9 Å². The maximum absolute atomic E-state index is 5.91. The van der Waals surface area contributed by atoms with Gasteiger partial charge in [0, 0.05) is 26.4 Å². The minimum absolute atomic E-state index is 0.0839. The second-order valence-corrected chi connectivity index (χ2v) is 5.36. The number of hydrogen-bond acceptors (Lipinski definition) is 4. The summed E-state index contributed by atoms with van der Waals surface area (Å²) in [6.07, 6.45) is 3.06. The fourth-order valence-electron chi connectivity index (χ4n) is 1.82. The first-order valence-electron chi connectivity index (χ1n) is 6.54. The van der Waals surface area contributed by atoms with Gasteiger partial charge in [-0.15, -0.1) is 0 Å². The molecular weight excluding hydrogens is 218 g/mol. The highest BCUT2D eigenvalue weighted by Crippen LogP contribution is 2.26. The fourth-order valence-corrected chi connectivity index (χ4v) is 1.82. The van der Waals surface area contributed by atoms with Crippen molar-refractivity contribution in [1.82, 2.24) is 0 Å². The first kappa shape index (κ1) is 14.9. The molecule has 1 aliphatic carbocycles. The molecule has 1 fully saturated rings. The first-order chi connectivity index (χ1) is 8.00. The highest BCUT2D eigenvalue weighted by molar-refractivity contribution is 4.95. The average Bonchev–Trinajstić information content (AvgIpc) is 2.28. The largest absolute Gasteiger partial charge is 0.379 e. The Bertz CT molecular complexity index is 221. The summed E-state index contributed by atoms with van der Waals surface area (Å²) in [5.74, 6) is 0. The van der Waals surface area contributed by atoms with E-state index in [0.717, 1.165) is 25.9 Å². The lowest BCUT2D eigenvalue weighted by Crippen LogP contribution is -2.58. The molecule has 17 heavy (non-hydrogen) atoms. The molecule has 0 saturated heterocycles. The van der Waals surface area contributed by atoms with E-state index in [1.807, 2.05) is 0 Å².